The predicted molar refractivity (Wildman–Crippen MR) is 97.9 cm³/mol. The highest BCUT2D eigenvalue weighted by Gasteiger charge is 2.26. The second-order valence-electron chi connectivity index (χ2n) is 6.49. The summed E-state index contributed by atoms with van der Waals surface area (Å²) in [4.78, 5) is 14.5. The largest absolute Gasteiger partial charge is 0.497 e. The first-order valence-corrected chi connectivity index (χ1v) is 8.64. The molecular formula is C21H21NO3. The van der Waals surface area contributed by atoms with E-state index in [1.54, 1.807) is 19.2 Å². The average molecular weight is 335 g/mol. The van der Waals surface area contributed by atoms with E-state index in [2.05, 4.69) is 29.2 Å². The fourth-order valence-electron chi connectivity index (χ4n) is 3.75. The molecule has 4 heteroatoms. The zero-order valence-electron chi connectivity index (χ0n) is 14.3. The highest BCUT2D eigenvalue weighted by atomic mass is 16.5. The lowest BCUT2D eigenvalue weighted by Gasteiger charge is -2.25. The van der Waals surface area contributed by atoms with E-state index >= 15 is 0 Å². The molecule has 1 unspecified atom stereocenters. The molecule has 4 nitrogen and oxygen atoms in total. The van der Waals surface area contributed by atoms with Crippen LogP contribution >= 0.6 is 0 Å². The number of methoxy groups -OCH3 is 1. The van der Waals surface area contributed by atoms with Gasteiger partial charge in [-0.3, -0.25) is 4.90 Å². The second-order valence-corrected chi connectivity index (χ2v) is 6.49. The highest BCUT2D eigenvalue weighted by Crippen LogP contribution is 2.34. The van der Waals surface area contributed by atoms with E-state index in [-0.39, 0.29) is 5.63 Å². The summed E-state index contributed by atoms with van der Waals surface area (Å²) in [5.74, 6) is 0.691. The first-order valence-electron chi connectivity index (χ1n) is 8.64. The Morgan fingerprint density at radius 2 is 2.00 bits per heavy atom. The van der Waals surface area contributed by atoms with Crippen molar-refractivity contribution in [2.24, 2.45) is 0 Å². The molecule has 1 aliphatic rings. The van der Waals surface area contributed by atoms with Crippen molar-refractivity contribution in [2.45, 2.75) is 25.4 Å². The van der Waals surface area contributed by atoms with Crippen LogP contribution in [0.4, 0.5) is 0 Å². The van der Waals surface area contributed by atoms with Gasteiger partial charge < -0.3 is 9.15 Å². The van der Waals surface area contributed by atoms with Gasteiger partial charge >= 0.3 is 5.63 Å². The van der Waals surface area contributed by atoms with Crippen LogP contribution in [-0.2, 0) is 6.54 Å². The van der Waals surface area contributed by atoms with Crippen molar-refractivity contribution >= 4 is 11.0 Å². The topological polar surface area (TPSA) is 42.7 Å². The maximum atomic E-state index is 12.0. The standard InChI is InChI=1S/C21H21NO3/c1-24-17-9-10-18-16(12-21(23)25-20(18)13-17)14-22-11-5-8-19(22)15-6-3-2-4-7-15/h2-4,6-7,9-10,12-13,19H,5,8,11,14H2,1H3. The number of rotatable bonds is 4. The predicted octanol–water partition coefficient (Wildman–Crippen LogP) is 4.14. The lowest BCUT2D eigenvalue weighted by Crippen LogP contribution is -2.23. The Labute approximate surface area is 146 Å². The van der Waals surface area contributed by atoms with Crippen LogP contribution in [0.1, 0.15) is 30.0 Å². The van der Waals surface area contributed by atoms with Crippen LogP contribution in [0.15, 0.2) is 63.8 Å². The molecule has 2 heterocycles. The number of nitrogens with zero attached hydrogens (tertiary/aromatic N) is 1. The molecule has 25 heavy (non-hydrogen) atoms. The normalized spacial score (nSPS) is 17.9. The molecule has 4 rings (SSSR count). The van der Waals surface area contributed by atoms with Crippen LogP contribution < -0.4 is 10.4 Å². The van der Waals surface area contributed by atoms with Crippen molar-refractivity contribution in [1.29, 1.82) is 0 Å². The van der Waals surface area contributed by atoms with Crippen molar-refractivity contribution in [3.05, 3.63) is 76.1 Å². The molecule has 0 radical (unpaired) electrons. The fraction of sp³-hybridized carbons (Fsp3) is 0.286. The zero-order valence-corrected chi connectivity index (χ0v) is 14.3. The van der Waals surface area contributed by atoms with Gasteiger partial charge in [0, 0.05) is 30.1 Å². The van der Waals surface area contributed by atoms with Crippen molar-refractivity contribution in [3.63, 3.8) is 0 Å². The molecule has 0 bridgehead atoms. The lowest BCUT2D eigenvalue weighted by molar-refractivity contribution is 0.249. The summed E-state index contributed by atoms with van der Waals surface area (Å²) in [7, 11) is 1.61. The smallest absolute Gasteiger partial charge is 0.336 e. The van der Waals surface area contributed by atoms with Crippen LogP contribution in [-0.4, -0.2) is 18.6 Å². The summed E-state index contributed by atoms with van der Waals surface area (Å²) >= 11 is 0. The van der Waals surface area contributed by atoms with Crippen LogP contribution in [0, 0.1) is 0 Å². The Bertz CT molecular complexity index is 933. The molecule has 1 aliphatic heterocycles. The first-order chi connectivity index (χ1) is 12.2. The number of fused-ring (bicyclic) bond motifs is 1. The molecule has 0 aliphatic carbocycles. The van der Waals surface area contributed by atoms with E-state index in [1.165, 1.54) is 12.0 Å². The van der Waals surface area contributed by atoms with Gasteiger partial charge in [0.2, 0.25) is 0 Å². The first kappa shape index (κ1) is 15.9. The Balaban J connectivity index is 1.69. The summed E-state index contributed by atoms with van der Waals surface area (Å²) in [6.07, 6.45) is 2.32. The SMILES string of the molecule is COc1ccc2c(CN3CCCC3c3ccccc3)cc(=O)oc2c1. The molecule has 0 saturated carbocycles. The quantitative estimate of drug-likeness (QED) is 0.672. The van der Waals surface area contributed by atoms with Gasteiger partial charge in [-0.05, 0) is 42.6 Å². The van der Waals surface area contributed by atoms with Crippen LogP contribution in [0.3, 0.4) is 0 Å². The second kappa shape index (κ2) is 6.73. The maximum absolute atomic E-state index is 12.0. The Morgan fingerprint density at radius 3 is 2.80 bits per heavy atom. The number of hydrogen-bond donors (Lipinski definition) is 0. The van der Waals surface area contributed by atoms with Crippen LogP contribution in [0.2, 0.25) is 0 Å². The minimum atomic E-state index is -0.314. The van der Waals surface area contributed by atoms with Gasteiger partial charge in [0.15, 0.2) is 0 Å². The number of ether oxygens (including phenoxy) is 1. The van der Waals surface area contributed by atoms with E-state index in [0.29, 0.717) is 17.4 Å². The van der Waals surface area contributed by atoms with Gasteiger partial charge in [0.05, 0.1) is 7.11 Å². The van der Waals surface area contributed by atoms with Gasteiger partial charge in [0.1, 0.15) is 11.3 Å². The van der Waals surface area contributed by atoms with Crippen molar-refractivity contribution in [2.75, 3.05) is 13.7 Å². The molecule has 2 aromatic carbocycles. The Kier molecular flexibility index (Phi) is 4.28. The molecule has 0 spiro atoms. The van der Waals surface area contributed by atoms with E-state index in [1.807, 2.05) is 18.2 Å². The minimum absolute atomic E-state index is 0.314. The highest BCUT2D eigenvalue weighted by molar-refractivity contribution is 5.81. The third-order valence-electron chi connectivity index (χ3n) is 4.96. The van der Waals surface area contributed by atoms with Crippen molar-refractivity contribution in [3.8, 4) is 5.75 Å². The molecular weight excluding hydrogens is 314 g/mol. The number of likely N-dealkylation sites (tertiary alicyclic amines) is 1. The fourth-order valence-corrected chi connectivity index (χ4v) is 3.75. The van der Waals surface area contributed by atoms with Crippen molar-refractivity contribution < 1.29 is 9.15 Å². The summed E-state index contributed by atoms with van der Waals surface area (Å²) in [5.41, 5.74) is 2.62. The molecule has 1 atom stereocenters. The molecule has 0 amide bonds. The van der Waals surface area contributed by atoms with E-state index in [9.17, 15) is 4.79 Å². The molecule has 128 valence electrons. The van der Waals surface area contributed by atoms with E-state index < -0.39 is 0 Å². The lowest BCUT2D eigenvalue weighted by atomic mass is 10.0. The van der Waals surface area contributed by atoms with Gasteiger partial charge in [-0.2, -0.15) is 0 Å². The third kappa shape index (κ3) is 3.17. The molecule has 3 aromatic rings. The Hall–Kier alpha value is -2.59. The maximum Gasteiger partial charge on any atom is 0.336 e. The Morgan fingerprint density at radius 1 is 1.16 bits per heavy atom. The average Bonchev–Trinajstić information content (AvgIpc) is 3.10. The zero-order chi connectivity index (χ0) is 17.2. The summed E-state index contributed by atoms with van der Waals surface area (Å²) in [5, 5.41) is 0.971. The van der Waals surface area contributed by atoms with Gasteiger partial charge in [-0.25, -0.2) is 4.79 Å². The molecule has 1 aromatic heterocycles. The molecule has 1 fully saturated rings. The monoisotopic (exact) mass is 335 g/mol. The van der Waals surface area contributed by atoms with Gasteiger partial charge in [-0.1, -0.05) is 30.3 Å². The van der Waals surface area contributed by atoms with Crippen molar-refractivity contribution in [1.82, 2.24) is 4.90 Å². The minimum Gasteiger partial charge on any atom is -0.497 e. The molecule has 0 N–H and O–H groups in total. The van der Waals surface area contributed by atoms with Crippen LogP contribution in [0.5, 0.6) is 5.75 Å². The summed E-state index contributed by atoms with van der Waals surface area (Å²) < 4.78 is 10.6. The number of hydrogen-bond acceptors (Lipinski definition) is 4. The van der Waals surface area contributed by atoms with Gasteiger partial charge in [0.25, 0.3) is 0 Å². The summed E-state index contributed by atoms with van der Waals surface area (Å²) in [6, 6.07) is 18.3. The van der Waals surface area contributed by atoms with E-state index in [0.717, 1.165) is 30.5 Å². The number of benzene rings is 2. The summed E-state index contributed by atoms with van der Waals surface area (Å²) in [6.45, 7) is 1.78. The van der Waals surface area contributed by atoms with Crippen LogP contribution in [0.25, 0.3) is 11.0 Å². The van der Waals surface area contributed by atoms with E-state index in [4.69, 9.17) is 9.15 Å². The molecule has 1 saturated heterocycles. The third-order valence-corrected chi connectivity index (χ3v) is 4.96. The van der Waals surface area contributed by atoms with Gasteiger partial charge in [-0.15, -0.1) is 0 Å².